The Balaban J connectivity index is 1.68. The number of ether oxygens (including phenoxy) is 1. The molecule has 0 aliphatic carbocycles. The van der Waals surface area contributed by atoms with Gasteiger partial charge in [-0.05, 0) is 42.3 Å². The third-order valence-corrected chi connectivity index (χ3v) is 4.88. The smallest absolute Gasteiger partial charge is 0.135 e. The second kappa shape index (κ2) is 8.24. The molecule has 1 heterocycles. The summed E-state index contributed by atoms with van der Waals surface area (Å²) in [5.41, 5.74) is 4.98. The lowest BCUT2D eigenvalue weighted by Gasteiger charge is -2.24. The highest BCUT2D eigenvalue weighted by atomic mass is 16.5. The molecule has 0 N–H and O–H groups in total. The van der Waals surface area contributed by atoms with E-state index in [2.05, 4.69) is 78.6 Å². The van der Waals surface area contributed by atoms with E-state index >= 15 is 0 Å². The first-order valence-electron chi connectivity index (χ1n) is 9.66. The normalized spacial score (nSPS) is 12.6. The summed E-state index contributed by atoms with van der Waals surface area (Å²) in [7, 11) is 0. The molecular weight excluding hydrogens is 330 g/mol. The van der Waals surface area contributed by atoms with Crippen molar-refractivity contribution in [3.05, 3.63) is 95.6 Å². The third-order valence-electron chi connectivity index (χ3n) is 4.88. The van der Waals surface area contributed by atoms with Gasteiger partial charge in [-0.3, -0.25) is 4.90 Å². The molecule has 0 saturated carbocycles. The van der Waals surface area contributed by atoms with E-state index in [4.69, 9.17) is 4.74 Å². The van der Waals surface area contributed by atoms with Gasteiger partial charge in [-0.15, -0.1) is 0 Å². The van der Waals surface area contributed by atoms with Crippen molar-refractivity contribution in [1.82, 2.24) is 4.90 Å². The van der Waals surface area contributed by atoms with Gasteiger partial charge in [-0.2, -0.15) is 0 Å². The molecule has 1 aliphatic heterocycles. The highest BCUT2D eigenvalue weighted by molar-refractivity contribution is 5.88. The maximum atomic E-state index is 6.22. The Bertz CT molecular complexity index is 930. The predicted octanol–water partition coefficient (Wildman–Crippen LogP) is 6.25. The Kier molecular flexibility index (Phi) is 5.36. The van der Waals surface area contributed by atoms with E-state index < -0.39 is 0 Å². The highest BCUT2D eigenvalue weighted by Crippen LogP contribution is 2.38. The first-order chi connectivity index (χ1) is 13.3. The summed E-state index contributed by atoms with van der Waals surface area (Å²) < 4.78 is 6.22. The van der Waals surface area contributed by atoms with Gasteiger partial charge in [0.15, 0.2) is 0 Å². The Hall–Kier alpha value is -2.84. The third kappa shape index (κ3) is 4.12. The molecule has 27 heavy (non-hydrogen) atoms. The van der Waals surface area contributed by atoms with E-state index in [0.717, 1.165) is 43.1 Å². The maximum Gasteiger partial charge on any atom is 0.135 e. The van der Waals surface area contributed by atoms with E-state index in [0.29, 0.717) is 0 Å². The van der Waals surface area contributed by atoms with Crippen LogP contribution in [-0.4, -0.2) is 18.0 Å². The van der Waals surface area contributed by atoms with Crippen LogP contribution in [0.15, 0.2) is 78.9 Å². The van der Waals surface area contributed by atoms with E-state index in [1.807, 2.05) is 18.2 Å². The van der Waals surface area contributed by atoms with Gasteiger partial charge < -0.3 is 4.74 Å². The van der Waals surface area contributed by atoms with Crippen LogP contribution in [0, 0.1) is 0 Å². The fourth-order valence-electron chi connectivity index (χ4n) is 3.64. The minimum absolute atomic E-state index is 0.900. The standard InChI is InChI=1S/C25H25NO/c1-2-16-26(18-20-10-4-3-5-11-20)19-22-17-21-12-6-8-14-24(21)27-25-15-9-7-13-23(22)25/h3-15,17H,2,16,18-19H2,1H3. The number of hydrogen-bond donors (Lipinski definition) is 0. The van der Waals surface area contributed by atoms with Crippen LogP contribution >= 0.6 is 0 Å². The minimum Gasteiger partial charge on any atom is -0.456 e. The molecule has 1 aliphatic rings. The van der Waals surface area contributed by atoms with E-state index in [1.54, 1.807) is 0 Å². The Morgan fingerprint density at radius 2 is 1.44 bits per heavy atom. The molecule has 3 aromatic carbocycles. The van der Waals surface area contributed by atoms with Gasteiger partial charge in [0, 0.05) is 24.2 Å². The second-order valence-corrected chi connectivity index (χ2v) is 7.00. The molecule has 0 aromatic heterocycles. The topological polar surface area (TPSA) is 12.5 Å². The number of fused-ring (bicyclic) bond motifs is 2. The molecule has 2 heteroatoms. The molecule has 0 spiro atoms. The van der Waals surface area contributed by atoms with Crippen molar-refractivity contribution in [3.63, 3.8) is 0 Å². The van der Waals surface area contributed by atoms with Crippen molar-refractivity contribution >= 4 is 11.6 Å². The largest absolute Gasteiger partial charge is 0.456 e. The molecule has 0 amide bonds. The Morgan fingerprint density at radius 3 is 2.26 bits per heavy atom. The van der Waals surface area contributed by atoms with Crippen LogP contribution in [0.4, 0.5) is 0 Å². The van der Waals surface area contributed by atoms with Crippen LogP contribution in [0.1, 0.15) is 30.0 Å². The van der Waals surface area contributed by atoms with Crippen molar-refractivity contribution in [2.24, 2.45) is 0 Å². The van der Waals surface area contributed by atoms with Crippen molar-refractivity contribution in [1.29, 1.82) is 0 Å². The highest BCUT2D eigenvalue weighted by Gasteiger charge is 2.18. The van der Waals surface area contributed by atoms with Crippen LogP contribution < -0.4 is 4.74 Å². The molecule has 0 atom stereocenters. The summed E-state index contributed by atoms with van der Waals surface area (Å²) in [6, 6.07) is 27.3. The molecular formula is C25H25NO. The monoisotopic (exact) mass is 355 g/mol. The number of benzene rings is 3. The zero-order chi connectivity index (χ0) is 18.5. The molecule has 0 unspecified atom stereocenters. The predicted molar refractivity (Wildman–Crippen MR) is 113 cm³/mol. The van der Waals surface area contributed by atoms with Gasteiger partial charge in [-0.1, -0.05) is 73.7 Å². The summed E-state index contributed by atoms with van der Waals surface area (Å²) in [5.74, 6) is 1.86. The van der Waals surface area contributed by atoms with E-state index in [-0.39, 0.29) is 0 Å². The zero-order valence-electron chi connectivity index (χ0n) is 15.8. The Labute approximate surface area is 161 Å². The lowest BCUT2D eigenvalue weighted by atomic mass is 10.0. The Morgan fingerprint density at radius 1 is 0.741 bits per heavy atom. The average Bonchev–Trinajstić information content (AvgIpc) is 2.85. The van der Waals surface area contributed by atoms with Crippen molar-refractivity contribution in [2.75, 3.05) is 13.1 Å². The lowest BCUT2D eigenvalue weighted by molar-refractivity contribution is 0.299. The lowest BCUT2D eigenvalue weighted by Crippen LogP contribution is -2.26. The molecule has 2 nitrogen and oxygen atoms in total. The van der Waals surface area contributed by atoms with Gasteiger partial charge in [-0.25, -0.2) is 0 Å². The summed E-state index contributed by atoms with van der Waals surface area (Å²) in [5, 5.41) is 0. The first-order valence-corrected chi connectivity index (χ1v) is 9.66. The molecule has 0 radical (unpaired) electrons. The molecule has 0 saturated heterocycles. The van der Waals surface area contributed by atoms with Crippen LogP contribution in [-0.2, 0) is 6.54 Å². The molecule has 4 rings (SSSR count). The van der Waals surface area contributed by atoms with Crippen molar-refractivity contribution in [3.8, 4) is 11.5 Å². The SMILES string of the molecule is CCCN(CC1=Cc2ccccc2Oc2ccccc21)Cc1ccccc1. The average molecular weight is 355 g/mol. The van der Waals surface area contributed by atoms with E-state index in [1.165, 1.54) is 16.7 Å². The fraction of sp³-hybridized carbons (Fsp3) is 0.200. The quantitative estimate of drug-likeness (QED) is 0.518. The molecule has 0 bridgehead atoms. The van der Waals surface area contributed by atoms with Crippen molar-refractivity contribution < 1.29 is 4.74 Å². The van der Waals surface area contributed by atoms with Gasteiger partial charge in [0.25, 0.3) is 0 Å². The summed E-state index contributed by atoms with van der Waals surface area (Å²) >= 11 is 0. The van der Waals surface area contributed by atoms with Crippen LogP contribution in [0.5, 0.6) is 11.5 Å². The fourth-order valence-corrected chi connectivity index (χ4v) is 3.64. The van der Waals surface area contributed by atoms with Crippen LogP contribution in [0.25, 0.3) is 11.6 Å². The number of rotatable bonds is 6. The van der Waals surface area contributed by atoms with Gasteiger partial charge in [0.1, 0.15) is 11.5 Å². The molecule has 0 fully saturated rings. The van der Waals surface area contributed by atoms with Crippen LogP contribution in [0.3, 0.4) is 0 Å². The first kappa shape index (κ1) is 17.6. The van der Waals surface area contributed by atoms with Gasteiger partial charge in [0.05, 0.1) is 0 Å². The summed E-state index contributed by atoms with van der Waals surface area (Å²) in [6.45, 7) is 5.16. The molecule has 3 aromatic rings. The van der Waals surface area contributed by atoms with E-state index in [9.17, 15) is 0 Å². The van der Waals surface area contributed by atoms with Crippen LogP contribution in [0.2, 0.25) is 0 Å². The number of para-hydroxylation sites is 2. The number of nitrogens with zero attached hydrogens (tertiary/aromatic N) is 1. The summed E-state index contributed by atoms with van der Waals surface area (Å²) in [6.07, 6.45) is 3.42. The summed E-state index contributed by atoms with van der Waals surface area (Å²) in [4.78, 5) is 2.52. The second-order valence-electron chi connectivity index (χ2n) is 7.00. The van der Waals surface area contributed by atoms with Gasteiger partial charge >= 0.3 is 0 Å². The maximum absolute atomic E-state index is 6.22. The number of hydrogen-bond acceptors (Lipinski definition) is 2. The van der Waals surface area contributed by atoms with Crippen molar-refractivity contribution in [2.45, 2.75) is 19.9 Å². The molecule has 136 valence electrons. The minimum atomic E-state index is 0.900. The van der Waals surface area contributed by atoms with Gasteiger partial charge in [0.2, 0.25) is 0 Å². The zero-order valence-corrected chi connectivity index (χ0v) is 15.8.